The number of rotatable bonds is 3. The number of aromatic nitrogens is 1. The standard InChI is InChI=1S/C13H14ClN/c1-2-3-4-10-5-7-12-11(9-10)6-8-13(14)15-12/h5-9H,2-4H2,1H3. The van der Waals surface area contributed by atoms with E-state index in [0.717, 1.165) is 11.9 Å². The van der Waals surface area contributed by atoms with E-state index in [0.29, 0.717) is 5.15 Å². The maximum Gasteiger partial charge on any atom is 0.129 e. The summed E-state index contributed by atoms with van der Waals surface area (Å²) in [6.07, 6.45) is 3.62. The molecule has 78 valence electrons. The molecule has 0 aliphatic carbocycles. The average Bonchev–Trinajstić information content (AvgIpc) is 2.26. The van der Waals surface area contributed by atoms with Crippen molar-refractivity contribution >= 4 is 22.5 Å². The Balaban J connectivity index is 2.34. The number of aryl methyl sites for hydroxylation is 1. The van der Waals surface area contributed by atoms with Crippen molar-refractivity contribution in [1.29, 1.82) is 0 Å². The first-order valence-electron chi connectivity index (χ1n) is 5.35. The first kappa shape index (κ1) is 10.4. The average molecular weight is 220 g/mol. The van der Waals surface area contributed by atoms with E-state index in [1.54, 1.807) is 0 Å². The Kier molecular flexibility index (Phi) is 3.22. The van der Waals surface area contributed by atoms with Crippen molar-refractivity contribution in [3.8, 4) is 0 Å². The first-order valence-corrected chi connectivity index (χ1v) is 5.72. The molecule has 0 fully saturated rings. The van der Waals surface area contributed by atoms with E-state index in [9.17, 15) is 0 Å². The quantitative estimate of drug-likeness (QED) is 0.704. The van der Waals surface area contributed by atoms with Crippen LogP contribution >= 0.6 is 11.6 Å². The fourth-order valence-corrected chi connectivity index (χ4v) is 1.84. The molecular formula is C13H14ClN. The van der Waals surface area contributed by atoms with Gasteiger partial charge in [-0.05, 0) is 42.7 Å². The number of hydrogen-bond acceptors (Lipinski definition) is 1. The van der Waals surface area contributed by atoms with Crippen molar-refractivity contribution in [3.63, 3.8) is 0 Å². The Morgan fingerprint density at radius 3 is 2.87 bits per heavy atom. The highest BCUT2D eigenvalue weighted by Crippen LogP contribution is 2.18. The lowest BCUT2D eigenvalue weighted by atomic mass is 10.1. The summed E-state index contributed by atoms with van der Waals surface area (Å²) in [6, 6.07) is 10.3. The molecule has 2 rings (SSSR count). The third-order valence-corrected chi connectivity index (χ3v) is 2.75. The Labute approximate surface area is 95.1 Å². The number of nitrogens with zero attached hydrogens (tertiary/aromatic N) is 1. The SMILES string of the molecule is CCCCc1ccc2nc(Cl)ccc2c1. The van der Waals surface area contributed by atoms with Gasteiger partial charge in [0.15, 0.2) is 0 Å². The predicted molar refractivity (Wildman–Crippen MR) is 65.4 cm³/mol. The molecule has 2 heteroatoms. The lowest BCUT2D eigenvalue weighted by molar-refractivity contribution is 0.796. The van der Waals surface area contributed by atoms with Gasteiger partial charge in [0, 0.05) is 5.39 Å². The van der Waals surface area contributed by atoms with E-state index < -0.39 is 0 Å². The second kappa shape index (κ2) is 4.63. The molecule has 0 N–H and O–H groups in total. The van der Waals surface area contributed by atoms with Gasteiger partial charge in [-0.3, -0.25) is 0 Å². The van der Waals surface area contributed by atoms with Crippen molar-refractivity contribution in [2.24, 2.45) is 0 Å². The van der Waals surface area contributed by atoms with E-state index in [2.05, 4.69) is 24.0 Å². The second-order valence-corrected chi connectivity index (χ2v) is 4.15. The molecule has 0 spiro atoms. The summed E-state index contributed by atoms with van der Waals surface area (Å²) in [6.45, 7) is 2.21. The number of hydrogen-bond donors (Lipinski definition) is 0. The van der Waals surface area contributed by atoms with Crippen LogP contribution in [0.4, 0.5) is 0 Å². The number of pyridine rings is 1. The third-order valence-electron chi connectivity index (χ3n) is 2.54. The summed E-state index contributed by atoms with van der Waals surface area (Å²) in [5, 5.41) is 1.73. The number of fused-ring (bicyclic) bond motifs is 1. The molecule has 2 aromatic rings. The van der Waals surface area contributed by atoms with Crippen LogP contribution in [0.1, 0.15) is 25.3 Å². The lowest BCUT2D eigenvalue weighted by Gasteiger charge is -2.02. The summed E-state index contributed by atoms with van der Waals surface area (Å²) in [7, 11) is 0. The normalized spacial score (nSPS) is 10.8. The Morgan fingerprint density at radius 2 is 2.07 bits per heavy atom. The van der Waals surface area contributed by atoms with Crippen LogP contribution in [0.25, 0.3) is 10.9 Å². The van der Waals surface area contributed by atoms with Crippen LogP contribution in [-0.2, 0) is 6.42 Å². The van der Waals surface area contributed by atoms with Crippen LogP contribution < -0.4 is 0 Å². The number of unbranched alkanes of at least 4 members (excludes halogenated alkanes) is 1. The van der Waals surface area contributed by atoms with Crippen molar-refractivity contribution in [2.45, 2.75) is 26.2 Å². The lowest BCUT2D eigenvalue weighted by Crippen LogP contribution is -1.86. The zero-order chi connectivity index (χ0) is 10.7. The summed E-state index contributed by atoms with van der Waals surface area (Å²) in [5.41, 5.74) is 2.36. The number of benzene rings is 1. The van der Waals surface area contributed by atoms with Crippen LogP contribution in [0, 0.1) is 0 Å². The fourth-order valence-electron chi connectivity index (χ4n) is 1.69. The molecule has 0 bridgehead atoms. The molecule has 1 nitrogen and oxygen atoms in total. The van der Waals surface area contributed by atoms with Gasteiger partial charge in [-0.25, -0.2) is 4.98 Å². The monoisotopic (exact) mass is 219 g/mol. The molecule has 0 saturated heterocycles. The minimum atomic E-state index is 0.559. The van der Waals surface area contributed by atoms with Gasteiger partial charge in [0.2, 0.25) is 0 Å². The van der Waals surface area contributed by atoms with Crippen LogP contribution in [-0.4, -0.2) is 4.98 Å². The first-order chi connectivity index (χ1) is 7.29. The molecule has 1 aromatic heterocycles. The highest BCUT2D eigenvalue weighted by atomic mass is 35.5. The van der Waals surface area contributed by atoms with Crippen LogP contribution in [0.2, 0.25) is 5.15 Å². The van der Waals surface area contributed by atoms with E-state index in [1.807, 2.05) is 18.2 Å². The van der Waals surface area contributed by atoms with Gasteiger partial charge in [0.05, 0.1) is 5.52 Å². The molecule has 0 radical (unpaired) electrons. The van der Waals surface area contributed by atoms with E-state index in [1.165, 1.54) is 23.8 Å². The van der Waals surface area contributed by atoms with Crippen LogP contribution in [0.5, 0.6) is 0 Å². The summed E-state index contributed by atoms with van der Waals surface area (Å²) in [5.74, 6) is 0. The van der Waals surface area contributed by atoms with Gasteiger partial charge < -0.3 is 0 Å². The number of halogens is 1. The molecule has 1 aromatic carbocycles. The van der Waals surface area contributed by atoms with E-state index >= 15 is 0 Å². The van der Waals surface area contributed by atoms with Gasteiger partial charge >= 0.3 is 0 Å². The van der Waals surface area contributed by atoms with Crippen molar-refractivity contribution in [3.05, 3.63) is 41.0 Å². The fraction of sp³-hybridized carbons (Fsp3) is 0.308. The topological polar surface area (TPSA) is 12.9 Å². The molecular weight excluding hydrogens is 206 g/mol. The van der Waals surface area contributed by atoms with Gasteiger partial charge in [0.25, 0.3) is 0 Å². The Hall–Kier alpha value is -1.08. The van der Waals surface area contributed by atoms with Crippen molar-refractivity contribution in [1.82, 2.24) is 4.98 Å². The van der Waals surface area contributed by atoms with E-state index in [4.69, 9.17) is 11.6 Å². The maximum absolute atomic E-state index is 5.83. The maximum atomic E-state index is 5.83. The molecule has 0 amide bonds. The van der Waals surface area contributed by atoms with Crippen LogP contribution in [0.3, 0.4) is 0 Å². The van der Waals surface area contributed by atoms with Crippen molar-refractivity contribution in [2.75, 3.05) is 0 Å². The highest BCUT2D eigenvalue weighted by molar-refractivity contribution is 6.29. The second-order valence-electron chi connectivity index (χ2n) is 3.76. The van der Waals surface area contributed by atoms with E-state index in [-0.39, 0.29) is 0 Å². The molecule has 0 unspecified atom stereocenters. The molecule has 0 aliphatic rings. The van der Waals surface area contributed by atoms with Gasteiger partial charge in [-0.1, -0.05) is 31.0 Å². The summed E-state index contributed by atoms with van der Waals surface area (Å²) in [4.78, 5) is 4.26. The smallest absolute Gasteiger partial charge is 0.129 e. The minimum absolute atomic E-state index is 0.559. The molecule has 1 heterocycles. The minimum Gasteiger partial charge on any atom is -0.236 e. The van der Waals surface area contributed by atoms with Gasteiger partial charge in [-0.2, -0.15) is 0 Å². The highest BCUT2D eigenvalue weighted by Gasteiger charge is 1.98. The zero-order valence-electron chi connectivity index (χ0n) is 8.83. The third kappa shape index (κ3) is 2.48. The largest absolute Gasteiger partial charge is 0.236 e. The van der Waals surface area contributed by atoms with Gasteiger partial charge in [0.1, 0.15) is 5.15 Å². The molecule has 0 aliphatic heterocycles. The summed E-state index contributed by atoms with van der Waals surface area (Å²) < 4.78 is 0. The Morgan fingerprint density at radius 1 is 1.20 bits per heavy atom. The zero-order valence-corrected chi connectivity index (χ0v) is 9.59. The van der Waals surface area contributed by atoms with Crippen molar-refractivity contribution < 1.29 is 0 Å². The molecule has 15 heavy (non-hydrogen) atoms. The van der Waals surface area contributed by atoms with Gasteiger partial charge in [-0.15, -0.1) is 0 Å². The molecule has 0 saturated carbocycles. The Bertz CT molecular complexity index is 465. The predicted octanol–water partition coefficient (Wildman–Crippen LogP) is 4.23. The summed E-state index contributed by atoms with van der Waals surface area (Å²) >= 11 is 5.83. The molecule has 0 atom stereocenters. The van der Waals surface area contributed by atoms with Crippen LogP contribution in [0.15, 0.2) is 30.3 Å².